The summed E-state index contributed by atoms with van der Waals surface area (Å²) in [6.07, 6.45) is 7.93. The van der Waals surface area contributed by atoms with Gasteiger partial charge in [0.25, 0.3) is 5.91 Å². The molecule has 222 valence electrons. The lowest BCUT2D eigenvalue weighted by molar-refractivity contribution is 0.0250. The lowest BCUT2D eigenvalue weighted by Crippen LogP contribution is -2.42. The van der Waals surface area contributed by atoms with Gasteiger partial charge in [-0.25, -0.2) is 18.4 Å². The fourth-order valence-corrected chi connectivity index (χ4v) is 6.32. The van der Waals surface area contributed by atoms with Crippen LogP contribution in [0.1, 0.15) is 47.8 Å². The number of fused-ring (bicyclic) bond motifs is 1. The smallest absolute Gasteiger partial charge is 0.327 e. The van der Waals surface area contributed by atoms with Gasteiger partial charge in [0, 0.05) is 57.5 Å². The Morgan fingerprint density at radius 3 is 2.74 bits per heavy atom. The third-order valence-corrected chi connectivity index (χ3v) is 9.06. The maximum absolute atomic E-state index is 14.5. The minimum atomic E-state index is -4.24. The van der Waals surface area contributed by atoms with Gasteiger partial charge >= 0.3 is 10.2 Å². The number of amides is 1. The summed E-state index contributed by atoms with van der Waals surface area (Å²) in [5, 5.41) is 4.08. The van der Waals surface area contributed by atoms with Crippen LogP contribution in [-0.2, 0) is 22.0 Å². The molecule has 1 N–H and O–H groups in total. The van der Waals surface area contributed by atoms with Crippen LogP contribution < -0.4 is 18.7 Å². The molecule has 0 saturated carbocycles. The summed E-state index contributed by atoms with van der Waals surface area (Å²) >= 11 is 0. The summed E-state index contributed by atoms with van der Waals surface area (Å²) in [6, 6.07) is 9.68. The Kier molecular flexibility index (Phi) is 7.49. The van der Waals surface area contributed by atoms with Crippen molar-refractivity contribution in [2.45, 2.75) is 37.8 Å². The van der Waals surface area contributed by atoms with Gasteiger partial charge in [-0.1, -0.05) is 0 Å². The number of anilines is 2. The molecule has 0 unspecified atom stereocenters. The number of benzene rings is 1. The number of aryl methyl sites for hydroxylation is 1. The maximum Gasteiger partial charge on any atom is 0.327 e. The Hall–Kier alpha value is -4.17. The Morgan fingerprint density at radius 1 is 1.17 bits per heavy atom. The minimum Gasteiger partial charge on any atom is -0.490 e. The predicted octanol–water partition coefficient (Wildman–Crippen LogP) is 3.22. The first-order valence-corrected chi connectivity index (χ1v) is 15.2. The zero-order valence-corrected chi connectivity index (χ0v) is 24.1. The molecule has 2 saturated heterocycles. The number of imidazole rings is 1. The van der Waals surface area contributed by atoms with Crippen LogP contribution in [0.2, 0.25) is 0 Å². The molecule has 1 amide bonds. The molecule has 3 aromatic heterocycles. The Morgan fingerprint density at radius 2 is 1.98 bits per heavy atom. The van der Waals surface area contributed by atoms with E-state index in [0.717, 1.165) is 41.2 Å². The van der Waals surface area contributed by atoms with E-state index in [4.69, 9.17) is 9.47 Å². The lowest BCUT2D eigenvalue weighted by atomic mass is 10.0. The van der Waals surface area contributed by atoms with Crippen LogP contribution in [0.4, 0.5) is 15.9 Å². The zero-order valence-electron chi connectivity index (χ0n) is 23.3. The van der Waals surface area contributed by atoms with E-state index in [1.54, 1.807) is 36.0 Å². The average Bonchev–Trinajstić information content (AvgIpc) is 3.73. The van der Waals surface area contributed by atoms with E-state index >= 15 is 0 Å². The molecule has 2 aliphatic rings. The van der Waals surface area contributed by atoms with Crippen LogP contribution >= 0.6 is 0 Å². The summed E-state index contributed by atoms with van der Waals surface area (Å²) < 4.78 is 58.2. The normalized spacial score (nSPS) is 18.0. The molecule has 0 aliphatic carbocycles. The lowest BCUT2D eigenvalue weighted by Gasteiger charge is -2.30. The molecular formula is C28H32FN7O5S. The van der Waals surface area contributed by atoms with Crippen molar-refractivity contribution in [1.29, 1.82) is 0 Å². The number of ether oxygens (including phenoxy) is 2. The Bertz CT molecular complexity index is 1720. The number of hydrogen-bond donors (Lipinski definition) is 1. The number of hydrogen-bond acceptors (Lipinski definition) is 8. The highest BCUT2D eigenvalue weighted by atomic mass is 32.2. The predicted molar refractivity (Wildman–Crippen MR) is 153 cm³/mol. The first-order valence-electron chi connectivity index (χ1n) is 13.8. The minimum absolute atomic E-state index is 0.00850. The standard InChI is InChI=1S/C28H32FN7O5S/c1-33-13-9-27(31-33)34(2)42(38,39)32-28(37)24-17-30-26-8-6-20(18-36(24)26)35-12-3-4-23(35)22-16-19(29)5-7-25(22)41-21-10-14-40-15-11-21/h5-9,13,16-18,21,23H,3-4,10-12,14-15H2,1-2H3,(H,32,37)/t23-/m1/s1. The molecule has 2 fully saturated rings. The number of pyridine rings is 1. The highest BCUT2D eigenvalue weighted by Crippen LogP contribution is 2.41. The van der Waals surface area contributed by atoms with Crippen molar-refractivity contribution >= 4 is 33.3 Å². The van der Waals surface area contributed by atoms with E-state index in [-0.39, 0.29) is 29.5 Å². The second kappa shape index (κ2) is 11.2. The van der Waals surface area contributed by atoms with Crippen molar-refractivity contribution in [2.24, 2.45) is 7.05 Å². The second-order valence-corrected chi connectivity index (χ2v) is 12.2. The molecule has 1 atom stereocenters. The van der Waals surface area contributed by atoms with Crippen LogP contribution in [0.25, 0.3) is 5.65 Å². The topological polar surface area (TPSA) is 123 Å². The van der Waals surface area contributed by atoms with Crippen LogP contribution in [-0.4, -0.2) is 66.4 Å². The van der Waals surface area contributed by atoms with Gasteiger partial charge in [-0.3, -0.25) is 13.9 Å². The molecule has 42 heavy (non-hydrogen) atoms. The first-order chi connectivity index (χ1) is 20.2. The van der Waals surface area contributed by atoms with Crippen molar-refractivity contribution in [3.05, 3.63) is 72.1 Å². The fraction of sp³-hybridized carbons (Fsp3) is 0.393. The van der Waals surface area contributed by atoms with E-state index in [9.17, 15) is 17.6 Å². The van der Waals surface area contributed by atoms with Crippen LogP contribution in [0.15, 0.2) is 55.0 Å². The van der Waals surface area contributed by atoms with Crippen molar-refractivity contribution in [3.63, 3.8) is 0 Å². The van der Waals surface area contributed by atoms with Crippen molar-refractivity contribution in [2.75, 3.05) is 36.0 Å². The Labute approximate surface area is 242 Å². The van der Waals surface area contributed by atoms with E-state index < -0.39 is 16.1 Å². The largest absolute Gasteiger partial charge is 0.490 e. The number of nitrogens with zero attached hydrogens (tertiary/aromatic N) is 6. The van der Waals surface area contributed by atoms with Crippen molar-refractivity contribution in [1.82, 2.24) is 23.9 Å². The number of aromatic nitrogens is 4. The highest BCUT2D eigenvalue weighted by molar-refractivity contribution is 7.91. The zero-order chi connectivity index (χ0) is 29.4. The number of nitrogens with one attached hydrogen (secondary N) is 1. The van der Waals surface area contributed by atoms with Gasteiger partial charge in [-0.15, -0.1) is 0 Å². The van der Waals surface area contributed by atoms with Crippen molar-refractivity contribution in [3.8, 4) is 5.75 Å². The van der Waals surface area contributed by atoms with Gasteiger partial charge in [0.15, 0.2) is 5.82 Å². The van der Waals surface area contributed by atoms with Gasteiger partial charge in [0.2, 0.25) is 0 Å². The highest BCUT2D eigenvalue weighted by Gasteiger charge is 2.31. The van der Waals surface area contributed by atoms with Crippen LogP contribution in [0, 0.1) is 5.82 Å². The molecule has 0 bridgehead atoms. The quantitative estimate of drug-likeness (QED) is 0.329. The van der Waals surface area contributed by atoms with E-state index in [1.165, 1.54) is 36.1 Å². The number of carbonyl (C=O) groups is 1. The van der Waals surface area contributed by atoms with Gasteiger partial charge in [0.1, 0.15) is 29.0 Å². The number of carbonyl (C=O) groups excluding carboxylic acids is 1. The molecule has 14 heteroatoms. The van der Waals surface area contributed by atoms with Gasteiger partial charge in [0.05, 0.1) is 31.1 Å². The molecule has 1 aromatic carbocycles. The van der Waals surface area contributed by atoms with Crippen LogP contribution in [0.5, 0.6) is 5.75 Å². The molecule has 6 rings (SSSR count). The van der Waals surface area contributed by atoms with Crippen LogP contribution in [0.3, 0.4) is 0 Å². The first kappa shape index (κ1) is 28.0. The number of rotatable bonds is 8. The van der Waals surface area contributed by atoms with Gasteiger partial charge in [-0.2, -0.15) is 13.5 Å². The van der Waals surface area contributed by atoms with E-state index in [2.05, 4.69) is 19.7 Å². The Balaban J connectivity index is 1.27. The molecule has 2 aliphatic heterocycles. The van der Waals surface area contributed by atoms with E-state index in [0.29, 0.717) is 31.2 Å². The summed E-state index contributed by atoms with van der Waals surface area (Å²) in [5.41, 5.74) is 2.08. The molecule has 5 heterocycles. The van der Waals surface area contributed by atoms with E-state index in [1.807, 2.05) is 6.07 Å². The summed E-state index contributed by atoms with van der Waals surface area (Å²) in [5.74, 6) is -0.350. The molecule has 4 aromatic rings. The average molecular weight is 598 g/mol. The van der Waals surface area contributed by atoms with Crippen molar-refractivity contribution < 1.29 is 27.1 Å². The summed E-state index contributed by atoms with van der Waals surface area (Å²) in [4.78, 5) is 19.6. The molecule has 0 radical (unpaired) electrons. The van der Waals surface area contributed by atoms with Gasteiger partial charge < -0.3 is 14.4 Å². The number of halogens is 1. The maximum atomic E-state index is 14.5. The molecular weight excluding hydrogens is 565 g/mol. The van der Waals surface area contributed by atoms with Gasteiger partial charge in [-0.05, 0) is 43.2 Å². The molecule has 0 spiro atoms. The second-order valence-electron chi connectivity index (χ2n) is 10.5. The fourth-order valence-electron chi connectivity index (χ4n) is 5.50. The molecule has 12 nitrogen and oxygen atoms in total. The monoisotopic (exact) mass is 597 g/mol. The summed E-state index contributed by atoms with van der Waals surface area (Å²) in [6.45, 7) is 1.99. The third-order valence-electron chi connectivity index (χ3n) is 7.70. The SMILES string of the molecule is CN(c1ccn(C)n1)S(=O)(=O)NC(=O)c1cnc2ccc(N3CCC[C@@H]3c3cc(F)ccc3OC3CCOCC3)cn12. The third kappa shape index (κ3) is 5.51. The summed E-state index contributed by atoms with van der Waals surface area (Å²) in [7, 11) is -1.26.